The molecule has 0 aliphatic heterocycles. The van der Waals surface area contributed by atoms with E-state index in [9.17, 15) is 15.2 Å². The number of nitrogens with zero attached hydrogens (tertiary/aromatic N) is 2. The van der Waals surface area contributed by atoms with Gasteiger partial charge in [0.2, 0.25) is 5.91 Å². The zero-order valence-electron chi connectivity index (χ0n) is 15.3. The summed E-state index contributed by atoms with van der Waals surface area (Å²) in [4.78, 5) is 16.9. The van der Waals surface area contributed by atoms with E-state index in [0.29, 0.717) is 16.1 Å². The van der Waals surface area contributed by atoms with Crippen LogP contribution in [-0.2, 0) is 17.6 Å². The maximum Gasteiger partial charge on any atom is 0.249 e. The smallest absolute Gasteiger partial charge is 0.249 e. The van der Waals surface area contributed by atoms with Crippen LogP contribution in [0.25, 0.3) is 0 Å². The summed E-state index contributed by atoms with van der Waals surface area (Å²) in [5.74, 6) is -0.0874. The molecule has 1 aromatic rings. The van der Waals surface area contributed by atoms with Gasteiger partial charge in [-0.3, -0.25) is 9.79 Å². The zero-order chi connectivity index (χ0) is 19.5. The number of carbonyl (C=O) groups excluding carboxylic acids is 1. The fraction of sp³-hybridized carbons (Fsp3) is 0.350. The van der Waals surface area contributed by atoms with Crippen molar-refractivity contribution in [2.75, 3.05) is 11.9 Å². The zero-order valence-corrected chi connectivity index (χ0v) is 16.1. The van der Waals surface area contributed by atoms with Gasteiger partial charge in [-0.2, -0.15) is 5.26 Å². The highest BCUT2D eigenvalue weighted by Crippen LogP contribution is 2.39. The number of rotatable bonds is 6. The molecule has 0 radical (unpaired) electrons. The second-order valence-electron chi connectivity index (χ2n) is 5.47. The maximum atomic E-state index is 12.0. The van der Waals surface area contributed by atoms with Gasteiger partial charge in [0.15, 0.2) is 0 Å². The van der Waals surface area contributed by atoms with Crippen molar-refractivity contribution in [3.05, 3.63) is 53.1 Å². The predicted octanol–water partition coefficient (Wildman–Crippen LogP) is 4.01. The lowest BCUT2D eigenvalue weighted by molar-refractivity contribution is -0.111. The van der Waals surface area contributed by atoms with Crippen LogP contribution < -0.4 is 5.32 Å². The number of thiophene rings is 1. The summed E-state index contributed by atoms with van der Waals surface area (Å²) in [6.45, 7) is 11.3. The van der Waals surface area contributed by atoms with Crippen molar-refractivity contribution in [2.45, 2.75) is 33.1 Å². The Labute approximate surface area is 159 Å². The van der Waals surface area contributed by atoms with Crippen molar-refractivity contribution >= 4 is 28.5 Å². The van der Waals surface area contributed by atoms with Gasteiger partial charge >= 0.3 is 0 Å². The molecule has 5 nitrogen and oxygen atoms in total. The lowest BCUT2D eigenvalue weighted by atomic mass is 9.88. The fourth-order valence-electron chi connectivity index (χ4n) is 2.54. The van der Waals surface area contributed by atoms with Gasteiger partial charge < -0.3 is 10.4 Å². The van der Waals surface area contributed by atoms with Crippen molar-refractivity contribution in [2.24, 2.45) is 10.9 Å². The van der Waals surface area contributed by atoms with Crippen molar-refractivity contribution in [3.8, 4) is 6.07 Å². The van der Waals surface area contributed by atoms with Crippen LogP contribution in [0.4, 0.5) is 5.00 Å². The molecule has 0 saturated heterocycles. The van der Waals surface area contributed by atoms with Crippen LogP contribution in [-0.4, -0.2) is 23.8 Å². The lowest BCUT2D eigenvalue weighted by Crippen LogP contribution is -2.16. The van der Waals surface area contributed by atoms with E-state index in [1.807, 2.05) is 13.8 Å². The molecule has 26 heavy (non-hydrogen) atoms. The van der Waals surface area contributed by atoms with E-state index in [-0.39, 0.29) is 18.4 Å². The number of fused-ring (bicyclic) bond motifs is 1. The number of nitrogens with one attached hydrogen (secondary N) is 1. The van der Waals surface area contributed by atoms with Gasteiger partial charge in [-0.05, 0) is 42.4 Å². The lowest BCUT2D eigenvalue weighted by Gasteiger charge is -2.19. The Morgan fingerprint density at radius 3 is 2.85 bits per heavy atom. The van der Waals surface area contributed by atoms with Crippen LogP contribution in [0.5, 0.6) is 0 Å². The van der Waals surface area contributed by atoms with Crippen LogP contribution >= 0.6 is 11.3 Å². The molecule has 1 aromatic heterocycles. The maximum absolute atomic E-state index is 12.0. The van der Waals surface area contributed by atoms with E-state index >= 15 is 0 Å². The minimum atomic E-state index is -0.322. The summed E-state index contributed by atoms with van der Waals surface area (Å²) >= 11 is 1.42. The van der Waals surface area contributed by atoms with E-state index < -0.39 is 0 Å². The molecular weight excluding hydrogens is 346 g/mol. The Balaban J connectivity index is 0.00000163. The van der Waals surface area contributed by atoms with Crippen LogP contribution in [0.1, 0.15) is 36.3 Å². The first-order valence-electron chi connectivity index (χ1n) is 8.56. The van der Waals surface area contributed by atoms with Gasteiger partial charge in [0.25, 0.3) is 0 Å². The summed E-state index contributed by atoms with van der Waals surface area (Å²) in [7, 11) is 0. The summed E-state index contributed by atoms with van der Waals surface area (Å²) in [6.07, 6.45) is 8.17. The van der Waals surface area contributed by atoms with Crippen LogP contribution in [0.2, 0.25) is 0 Å². The first-order valence-corrected chi connectivity index (χ1v) is 9.38. The van der Waals surface area contributed by atoms with E-state index in [0.717, 1.165) is 29.7 Å². The number of carbonyl (C=O) groups is 1. The van der Waals surface area contributed by atoms with Gasteiger partial charge in [0.1, 0.15) is 11.1 Å². The SMILES string of the molecule is C=CN=CC(=C)/C=C/C(=O)Nc1sc2c(c1C#N)CCC(CO)C2.CC. The molecule has 1 unspecified atom stereocenters. The number of aliphatic imine (C=N–C) groups is 1. The Morgan fingerprint density at radius 2 is 2.23 bits per heavy atom. The minimum Gasteiger partial charge on any atom is -0.396 e. The van der Waals surface area contributed by atoms with Crippen molar-refractivity contribution in [1.82, 2.24) is 0 Å². The Bertz CT molecular complexity index is 754. The number of hydrogen-bond donors (Lipinski definition) is 2. The summed E-state index contributed by atoms with van der Waals surface area (Å²) in [6, 6.07) is 2.19. The normalized spacial score (nSPS) is 15.7. The summed E-state index contributed by atoms with van der Waals surface area (Å²) < 4.78 is 0. The van der Waals surface area contributed by atoms with Crippen molar-refractivity contribution in [1.29, 1.82) is 5.26 Å². The molecule has 1 amide bonds. The highest BCUT2D eigenvalue weighted by Gasteiger charge is 2.25. The van der Waals surface area contributed by atoms with Gasteiger partial charge in [-0.1, -0.05) is 27.0 Å². The average molecular weight is 372 g/mol. The van der Waals surface area contributed by atoms with Crippen molar-refractivity contribution in [3.63, 3.8) is 0 Å². The molecule has 0 aromatic carbocycles. The summed E-state index contributed by atoms with van der Waals surface area (Å²) in [5, 5.41) is 22.1. The van der Waals surface area contributed by atoms with Crippen molar-refractivity contribution < 1.29 is 9.90 Å². The minimum absolute atomic E-state index is 0.151. The van der Waals surface area contributed by atoms with E-state index in [1.54, 1.807) is 6.08 Å². The quantitative estimate of drug-likeness (QED) is 0.450. The Kier molecular flexibility index (Phi) is 9.27. The standard InChI is InChI=1S/C18H19N3O2S.C2H6/c1-3-20-10-12(2)4-7-17(23)21-18-15(9-19)14-6-5-13(11-22)8-16(14)24-18;1-2/h3-4,7,10,13,22H,1-2,5-6,8,11H2,(H,21,23);1-2H3/b7-4+,20-10?;. The van der Waals surface area contributed by atoms with E-state index in [4.69, 9.17) is 0 Å². The predicted molar refractivity (Wildman–Crippen MR) is 109 cm³/mol. The first-order chi connectivity index (χ1) is 12.6. The topological polar surface area (TPSA) is 85.5 Å². The van der Waals surface area contributed by atoms with Crippen LogP contribution in [0, 0.1) is 17.2 Å². The third-order valence-corrected chi connectivity index (χ3v) is 4.94. The van der Waals surface area contributed by atoms with Gasteiger partial charge in [-0.25, -0.2) is 0 Å². The molecular formula is C20H25N3O2S. The Morgan fingerprint density at radius 1 is 1.50 bits per heavy atom. The number of allylic oxidation sites excluding steroid dienone is 2. The molecule has 6 heteroatoms. The fourth-order valence-corrected chi connectivity index (χ4v) is 3.86. The number of amides is 1. The second kappa shape index (κ2) is 11.2. The molecule has 0 bridgehead atoms. The summed E-state index contributed by atoms with van der Waals surface area (Å²) in [5.41, 5.74) is 2.12. The van der Waals surface area contributed by atoms with Crippen LogP contribution in [0.15, 0.2) is 42.1 Å². The molecule has 2 rings (SSSR count). The molecule has 1 aliphatic rings. The number of anilines is 1. The second-order valence-corrected chi connectivity index (χ2v) is 6.57. The molecule has 0 fully saturated rings. The van der Waals surface area contributed by atoms with Crippen LogP contribution in [0.3, 0.4) is 0 Å². The molecule has 1 heterocycles. The number of aliphatic hydroxyl groups is 1. The van der Waals surface area contributed by atoms with E-state index in [1.165, 1.54) is 29.8 Å². The highest BCUT2D eigenvalue weighted by molar-refractivity contribution is 7.16. The monoisotopic (exact) mass is 371 g/mol. The third kappa shape index (κ3) is 5.80. The molecule has 2 N–H and O–H groups in total. The van der Waals surface area contributed by atoms with Gasteiger partial charge in [0, 0.05) is 30.0 Å². The largest absolute Gasteiger partial charge is 0.396 e. The molecule has 0 spiro atoms. The molecule has 138 valence electrons. The number of aliphatic hydroxyl groups excluding tert-OH is 1. The third-order valence-electron chi connectivity index (χ3n) is 3.77. The number of hydrogen-bond acceptors (Lipinski definition) is 5. The average Bonchev–Trinajstić information content (AvgIpc) is 3.01. The van der Waals surface area contributed by atoms with Gasteiger partial charge in [0.05, 0.1) is 5.56 Å². The van der Waals surface area contributed by atoms with Gasteiger partial charge in [-0.15, -0.1) is 11.3 Å². The molecule has 1 aliphatic carbocycles. The first kappa shape index (κ1) is 21.6. The molecule has 0 saturated carbocycles. The highest BCUT2D eigenvalue weighted by atomic mass is 32.1. The van der Waals surface area contributed by atoms with E-state index in [2.05, 4.69) is 29.5 Å². The Hall–Kier alpha value is -2.49. The number of nitriles is 1. The molecule has 1 atom stereocenters.